The fourth-order valence-corrected chi connectivity index (χ4v) is 3.89. The molecule has 158 valence electrons. The number of aromatic nitrogens is 5. The molecule has 1 saturated heterocycles. The highest BCUT2D eigenvalue weighted by Crippen LogP contribution is 2.23. The number of hydrogen-bond acceptors (Lipinski definition) is 7. The molecule has 3 aromatic heterocycles. The largest absolute Gasteiger partial charge is 0.324 e. The molecule has 0 saturated carbocycles. The van der Waals surface area contributed by atoms with Crippen LogP contribution in [0.15, 0.2) is 55.0 Å². The van der Waals surface area contributed by atoms with Gasteiger partial charge in [0, 0.05) is 63.4 Å². The molecule has 1 aliphatic heterocycles. The van der Waals surface area contributed by atoms with Crippen molar-refractivity contribution < 1.29 is 0 Å². The van der Waals surface area contributed by atoms with Crippen molar-refractivity contribution in [2.75, 3.05) is 38.5 Å². The van der Waals surface area contributed by atoms with Gasteiger partial charge in [-0.1, -0.05) is 12.1 Å². The number of imidazole rings is 1. The second kappa shape index (κ2) is 8.41. The fourth-order valence-electron chi connectivity index (χ4n) is 3.89. The van der Waals surface area contributed by atoms with Crippen molar-refractivity contribution in [1.29, 1.82) is 0 Å². The van der Waals surface area contributed by atoms with Crippen LogP contribution in [0.2, 0.25) is 0 Å². The van der Waals surface area contributed by atoms with Crippen molar-refractivity contribution in [3.63, 3.8) is 0 Å². The van der Waals surface area contributed by atoms with Gasteiger partial charge in [-0.3, -0.25) is 9.88 Å². The molecule has 0 aliphatic carbocycles. The molecule has 0 bridgehead atoms. The zero-order valence-electron chi connectivity index (χ0n) is 17.9. The normalized spacial score (nSPS) is 15.4. The minimum Gasteiger partial charge on any atom is -0.324 e. The van der Waals surface area contributed by atoms with Gasteiger partial charge in [-0.05, 0) is 36.9 Å². The zero-order chi connectivity index (χ0) is 21.2. The number of aryl methyl sites for hydroxylation is 1. The third-order valence-corrected chi connectivity index (χ3v) is 5.76. The zero-order valence-corrected chi connectivity index (χ0v) is 17.9. The Morgan fingerprint density at radius 3 is 2.39 bits per heavy atom. The Bertz CT molecular complexity index is 1160. The Balaban J connectivity index is 1.30. The summed E-state index contributed by atoms with van der Waals surface area (Å²) in [6.45, 7) is 5.50. The van der Waals surface area contributed by atoms with Crippen molar-refractivity contribution in [2.24, 2.45) is 7.05 Å². The predicted octanol–water partition coefficient (Wildman–Crippen LogP) is 2.92. The molecule has 1 aliphatic rings. The molecular formula is C23H26N8. The minimum absolute atomic E-state index is 0.559. The first kappa shape index (κ1) is 19.6. The monoisotopic (exact) mass is 414 g/mol. The Morgan fingerprint density at radius 2 is 1.65 bits per heavy atom. The number of fused-ring (bicyclic) bond motifs is 1. The van der Waals surface area contributed by atoms with Crippen LogP contribution in [0.5, 0.6) is 0 Å². The summed E-state index contributed by atoms with van der Waals surface area (Å²) in [6.07, 6.45) is 5.29. The molecule has 1 fully saturated rings. The lowest BCUT2D eigenvalue weighted by Gasteiger charge is -2.32. The molecule has 4 aromatic rings. The first-order valence-corrected chi connectivity index (χ1v) is 10.5. The van der Waals surface area contributed by atoms with E-state index in [0.717, 1.165) is 61.0 Å². The Labute approximate surface area is 181 Å². The predicted molar refractivity (Wildman–Crippen MR) is 122 cm³/mol. The maximum Gasteiger partial charge on any atom is 0.229 e. The van der Waals surface area contributed by atoms with E-state index in [2.05, 4.69) is 66.4 Å². The molecule has 0 unspecified atom stereocenters. The number of nitrogens with one attached hydrogen (secondary N) is 1. The summed E-state index contributed by atoms with van der Waals surface area (Å²) >= 11 is 0. The fraction of sp³-hybridized carbons (Fsp3) is 0.304. The lowest BCUT2D eigenvalue weighted by Crippen LogP contribution is -2.43. The third-order valence-electron chi connectivity index (χ3n) is 5.76. The van der Waals surface area contributed by atoms with Crippen LogP contribution < -0.4 is 5.32 Å². The van der Waals surface area contributed by atoms with Crippen molar-refractivity contribution in [1.82, 2.24) is 34.3 Å². The van der Waals surface area contributed by atoms with E-state index < -0.39 is 0 Å². The van der Waals surface area contributed by atoms with Crippen LogP contribution >= 0.6 is 0 Å². The second-order valence-electron chi connectivity index (χ2n) is 8.03. The molecule has 1 N–H and O–H groups in total. The first-order valence-electron chi connectivity index (χ1n) is 10.5. The molecular weight excluding hydrogens is 388 g/mol. The van der Waals surface area contributed by atoms with E-state index in [9.17, 15) is 0 Å². The van der Waals surface area contributed by atoms with E-state index in [1.807, 2.05) is 23.7 Å². The number of hydrogen-bond donors (Lipinski definition) is 1. The molecule has 31 heavy (non-hydrogen) atoms. The highest BCUT2D eigenvalue weighted by atomic mass is 15.2. The number of likely N-dealkylation sites (N-methyl/N-ethyl adjacent to an activating group) is 1. The van der Waals surface area contributed by atoms with Crippen LogP contribution in [-0.4, -0.2) is 67.5 Å². The summed E-state index contributed by atoms with van der Waals surface area (Å²) < 4.78 is 1.98. The quantitative estimate of drug-likeness (QED) is 0.538. The summed E-state index contributed by atoms with van der Waals surface area (Å²) in [6, 6.07) is 12.4. The van der Waals surface area contributed by atoms with Gasteiger partial charge in [0.2, 0.25) is 5.95 Å². The summed E-state index contributed by atoms with van der Waals surface area (Å²) in [5.74, 6) is 1.40. The standard InChI is InChI=1S/C23H26N8/c1-29-11-13-31(14-12-29)16-17-3-5-19(6-4-17)26-23-25-15-20-22(28-23)30(2)21(27-20)18-7-9-24-10-8-18/h3-10,15H,11-14,16H2,1-2H3,(H,25,26,28). The Kier molecular flexibility index (Phi) is 5.31. The average Bonchev–Trinajstić information content (AvgIpc) is 3.13. The van der Waals surface area contributed by atoms with E-state index in [-0.39, 0.29) is 0 Å². The van der Waals surface area contributed by atoms with E-state index >= 15 is 0 Å². The Hall–Kier alpha value is -3.36. The third kappa shape index (κ3) is 4.26. The maximum absolute atomic E-state index is 4.69. The van der Waals surface area contributed by atoms with E-state index in [1.54, 1.807) is 18.6 Å². The average molecular weight is 415 g/mol. The maximum atomic E-state index is 4.69. The van der Waals surface area contributed by atoms with Gasteiger partial charge in [0.25, 0.3) is 0 Å². The molecule has 0 spiro atoms. The Morgan fingerprint density at radius 1 is 0.903 bits per heavy atom. The molecule has 8 heteroatoms. The lowest BCUT2D eigenvalue weighted by molar-refractivity contribution is 0.148. The molecule has 5 rings (SSSR count). The smallest absolute Gasteiger partial charge is 0.229 e. The van der Waals surface area contributed by atoms with Crippen LogP contribution in [0.1, 0.15) is 5.56 Å². The number of benzene rings is 1. The van der Waals surface area contributed by atoms with Gasteiger partial charge in [-0.2, -0.15) is 4.98 Å². The molecule has 4 heterocycles. The van der Waals surface area contributed by atoms with Gasteiger partial charge in [0.15, 0.2) is 5.65 Å². The molecule has 8 nitrogen and oxygen atoms in total. The second-order valence-corrected chi connectivity index (χ2v) is 8.03. The first-order chi connectivity index (χ1) is 15.2. The number of pyridine rings is 1. The van der Waals surface area contributed by atoms with Gasteiger partial charge in [-0.25, -0.2) is 9.97 Å². The number of piperazine rings is 1. The van der Waals surface area contributed by atoms with E-state index in [1.165, 1.54) is 5.56 Å². The van der Waals surface area contributed by atoms with E-state index in [4.69, 9.17) is 0 Å². The summed E-state index contributed by atoms with van der Waals surface area (Å²) in [5, 5.41) is 3.32. The molecule has 0 amide bonds. The lowest BCUT2D eigenvalue weighted by atomic mass is 10.2. The number of rotatable bonds is 5. The SMILES string of the molecule is CN1CCN(Cc2ccc(Nc3ncc4nc(-c5ccncc5)n(C)c4n3)cc2)CC1. The van der Waals surface area contributed by atoms with Gasteiger partial charge < -0.3 is 14.8 Å². The van der Waals surface area contributed by atoms with Crippen molar-refractivity contribution in [3.8, 4) is 11.4 Å². The van der Waals surface area contributed by atoms with Crippen LogP contribution in [0, 0.1) is 0 Å². The molecule has 1 aromatic carbocycles. The summed E-state index contributed by atoms with van der Waals surface area (Å²) in [5.41, 5.74) is 4.84. The van der Waals surface area contributed by atoms with Crippen molar-refractivity contribution in [3.05, 3.63) is 60.6 Å². The van der Waals surface area contributed by atoms with Gasteiger partial charge in [-0.15, -0.1) is 0 Å². The molecule has 0 radical (unpaired) electrons. The number of anilines is 2. The summed E-state index contributed by atoms with van der Waals surface area (Å²) in [4.78, 5) is 22.8. The minimum atomic E-state index is 0.559. The van der Waals surface area contributed by atoms with Crippen LogP contribution in [0.4, 0.5) is 11.6 Å². The van der Waals surface area contributed by atoms with E-state index in [0.29, 0.717) is 5.95 Å². The molecule has 0 atom stereocenters. The van der Waals surface area contributed by atoms with Crippen molar-refractivity contribution in [2.45, 2.75) is 6.54 Å². The number of nitrogens with zero attached hydrogens (tertiary/aromatic N) is 7. The summed E-state index contributed by atoms with van der Waals surface area (Å²) in [7, 11) is 4.15. The van der Waals surface area contributed by atoms with Crippen LogP contribution in [0.25, 0.3) is 22.6 Å². The highest BCUT2D eigenvalue weighted by molar-refractivity contribution is 5.77. The van der Waals surface area contributed by atoms with Gasteiger partial charge in [0.1, 0.15) is 11.3 Å². The van der Waals surface area contributed by atoms with Gasteiger partial charge in [0.05, 0.1) is 6.20 Å². The van der Waals surface area contributed by atoms with Crippen molar-refractivity contribution >= 4 is 22.8 Å². The van der Waals surface area contributed by atoms with Crippen LogP contribution in [0.3, 0.4) is 0 Å². The highest BCUT2D eigenvalue weighted by Gasteiger charge is 2.14. The van der Waals surface area contributed by atoms with Gasteiger partial charge >= 0.3 is 0 Å². The van der Waals surface area contributed by atoms with Crippen LogP contribution in [-0.2, 0) is 13.6 Å². The topological polar surface area (TPSA) is 75.0 Å².